The minimum Gasteiger partial charge on any atom is -0.478 e. The number of allylic oxidation sites excluding steroid dienone is 1. The number of hydrogen-bond donors (Lipinski definition) is 2. The smallest absolute Gasteiger partial charge is 0.335 e. The third-order valence-electron chi connectivity index (χ3n) is 7.59. The molecule has 0 unspecified atom stereocenters. The molecule has 2 N–H and O–H groups in total. The van der Waals surface area contributed by atoms with Gasteiger partial charge in [-0.15, -0.1) is 0 Å². The maximum Gasteiger partial charge on any atom is 0.335 e. The Morgan fingerprint density at radius 1 is 0.977 bits per heavy atom. The van der Waals surface area contributed by atoms with E-state index in [1.165, 1.54) is 34.1 Å². The highest BCUT2D eigenvalue weighted by Gasteiger charge is 2.32. The number of aromatic carboxylic acids is 1. The van der Waals surface area contributed by atoms with Crippen LogP contribution in [-0.2, 0) is 4.79 Å². The molecule has 0 aliphatic carbocycles. The molecule has 1 atom stereocenters. The second-order valence-corrected chi connectivity index (χ2v) is 11.5. The topological polar surface area (TPSA) is 106 Å². The van der Waals surface area contributed by atoms with E-state index in [1.54, 1.807) is 49.4 Å². The second kappa shape index (κ2) is 11.4. The van der Waals surface area contributed by atoms with E-state index in [1.807, 2.05) is 48.7 Å². The SMILES string of the molecule is CC1=C(C(=O)Nc2ccccc2)[C@H](c2ccc(F)cc2)n2c(s/c(=C\c3cc(C)n(-c4cccc(C(=O)O)c4)c3C)c2=O)=N1. The lowest BCUT2D eigenvalue weighted by atomic mass is 9.95. The van der Waals surface area contributed by atoms with Gasteiger partial charge in [-0.25, -0.2) is 14.2 Å². The molecule has 44 heavy (non-hydrogen) atoms. The van der Waals surface area contributed by atoms with Gasteiger partial charge in [0.25, 0.3) is 11.5 Å². The molecule has 0 saturated carbocycles. The van der Waals surface area contributed by atoms with E-state index < -0.39 is 23.7 Å². The molecule has 0 spiro atoms. The normalized spacial score (nSPS) is 14.7. The van der Waals surface area contributed by atoms with Crippen molar-refractivity contribution in [2.75, 3.05) is 5.32 Å². The molecule has 3 aromatic carbocycles. The first kappa shape index (κ1) is 28.8. The van der Waals surface area contributed by atoms with Gasteiger partial charge in [-0.1, -0.05) is 47.7 Å². The predicted octanol–water partition coefficient (Wildman–Crippen LogP) is 5.12. The number of anilines is 1. The Balaban J connectivity index is 1.48. The summed E-state index contributed by atoms with van der Waals surface area (Å²) in [5.74, 6) is -1.85. The highest BCUT2D eigenvalue weighted by molar-refractivity contribution is 7.07. The number of hydrogen-bond acceptors (Lipinski definition) is 5. The Bertz CT molecular complexity index is 2160. The van der Waals surface area contributed by atoms with E-state index in [9.17, 15) is 23.9 Å². The lowest BCUT2D eigenvalue weighted by Gasteiger charge is -2.25. The van der Waals surface area contributed by atoms with Gasteiger partial charge < -0.3 is 15.0 Å². The fraction of sp³-hybridized carbons (Fsp3) is 0.118. The Morgan fingerprint density at radius 3 is 2.41 bits per heavy atom. The average molecular weight is 607 g/mol. The lowest BCUT2D eigenvalue weighted by Crippen LogP contribution is -2.40. The van der Waals surface area contributed by atoms with Crippen LogP contribution in [0.15, 0.2) is 106 Å². The molecule has 6 rings (SSSR count). The summed E-state index contributed by atoms with van der Waals surface area (Å²) in [5, 5.41) is 12.4. The maximum absolute atomic E-state index is 14.1. The highest BCUT2D eigenvalue weighted by Crippen LogP contribution is 2.31. The van der Waals surface area contributed by atoms with Gasteiger partial charge in [0, 0.05) is 22.8 Å². The van der Waals surface area contributed by atoms with Gasteiger partial charge >= 0.3 is 5.97 Å². The number of aryl methyl sites for hydroxylation is 1. The molecule has 10 heteroatoms. The van der Waals surface area contributed by atoms with Gasteiger partial charge in [-0.3, -0.25) is 14.2 Å². The number of para-hydroxylation sites is 1. The van der Waals surface area contributed by atoms with E-state index in [0.29, 0.717) is 32.0 Å². The first-order chi connectivity index (χ1) is 21.1. The molecular formula is C34H27FN4O4S. The van der Waals surface area contributed by atoms with E-state index in [0.717, 1.165) is 17.0 Å². The van der Waals surface area contributed by atoms with Crippen molar-refractivity contribution in [3.63, 3.8) is 0 Å². The molecule has 0 radical (unpaired) electrons. The molecule has 8 nitrogen and oxygen atoms in total. The number of thiazole rings is 1. The Kier molecular flexibility index (Phi) is 7.44. The summed E-state index contributed by atoms with van der Waals surface area (Å²) in [6, 6.07) is 22.5. The zero-order valence-corrected chi connectivity index (χ0v) is 24.9. The fourth-order valence-electron chi connectivity index (χ4n) is 5.54. The molecule has 0 fully saturated rings. The second-order valence-electron chi connectivity index (χ2n) is 10.5. The largest absolute Gasteiger partial charge is 0.478 e. The van der Waals surface area contributed by atoms with Crippen molar-refractivity contribution in [3.05, 3.63) is 150 Å². The van der Waals surface area contributed by atoms with Crippen LogP contribution in [0.5, 0.6) is 0 Å². The Labute approximate surface area is 255 Å². The quantitative estimate of drug-likeness (QED) is 0.280. The number of rotatable bonds is 6. The van der Waals surface area contributed by atoms with Crippen LogP contribution >= 0.6 is 11.3 Å². The number of nitrogens with zero attached hydrogens (tertiary/aromatic N) is 3. The molecule has 220 valence electrons. The summed E-state index contributed by atoms with van der Waals surface area (Å²) < 4.78 is 17.8. The standard InChI is InChI=1S/C34H27FN4O4S/c1-19-16-24(21(3)38(19)27-11-7-8-23(17-27)33(42)43)18-28-32(41)39-30(22-12-14-25(35)15-13-22)29(20(2)36-34(39)44-28)31(40)37-26-9-5-4-6-10-26/h4-18,30H,1-3H3,(H,37,40)(H,42,43)/b28-18-/t30-/m0/s1. The summed E-state index contributed by atoms with van der Waals surface area (Å²) in [4.78, 5) is 44.4. The summed E-state index contributed by atoms with van der Waals surface area (Å²) in [7, 11) is 0. The van der Waals surface area contributed by atoms with Crippen LogP contribution in [0, 0.1) is 19.7 Å². The first-order valence-electron chi connectivity index (χ1n) is 13.8. The Hall–Kier alpha value is -5.35. The molecule has 1 aliphatic heterocycles. The lowest BCUT2D eigenvalue weighted by molar-refractivity contribution is -0.113. The number of fused-ring (bicyclic) bond motifs is 1. The van der Waals surface area contributed by atoms with E-state index in [-0.39, 0.29) is 16.7 Å². The number of halogens is 1. The minimum absolute atomic E-state index is 0.174. The van der Waals surface area contributed by atoms with Gasteiger partial charge in [0.05, 0.1) is 27.4 Å². The first-order valence-corrected chi connectivity index (χ1v) is 14.6. The van der Waals surface area contributed by atoms with Crippen molar-refractivity contribution in [1.82, 2.24) is 9.13 Å². The van der Waals surface area contributed by atoms with Crippen molar-refractivity contribution >= 4 is 35.0 Å². The van der Waals surface area contributed by atoms with Crippen molar-refractivity contribution < 1.29 is 19.1 Å². The maximum atomic E-state index is 14.1. The van der Waals surface area contributed by atoms with Crippen LogP contribution < -0.4 is 20.2 Å². The van der Waals surface area contributed by atoms with Gasteiger partial charge in [0.1, 0.15) is 5.82 Å². The van der Waals surface area contributed by atoms with Gasteiger partial charge in [0.15, 0.2) is 4.80 Å². The monoisotopic (exact) mass is 606 g/mol. The van der Waals surface area contributed by atoms with E-state index >= 15 is 0 Å². The zero-order chi connectivity index (χ0) is 31.1. The van der Waals surface area contributed by atoms with Crippen LogP contribution in [0.4, 0.5) is 10.1 Å². The number of benzene rings is 3. The van der Waals surface area contributed by atoms with Crippen LogP contribution in [0.3, 0.4) is 0 Å². The van der Waals surface area contributed by atoms with Crippen LogP contribution in [0.25, 0.3) is 11.8 Å². The molecule has 0 saturated heterocycles. The van der Waals surface area contributed by atoms with E-state index in [4.69, 9.17) is 0 Å². The Morgan fingerprint density at radius 2 is 1.70 bits per heavy atom. The molecule has 5 aromatic rings. The zero-order valence-electron chi connectivity index (χ0n) is 24.0. The number of carbonyl (C=O) groups excluding carboxylic acids is 1. The number of carbonyl (C=O) groups is 2. The van der Waals surface area contributed by atoms with Crippen LogP contribution in [0.1, 0.15) is 45.8 Å². The van der Waals surface area contributed by atoms with Crippen molar-refractivity contribution in [1.29, 1.82) is 0 Å². The molecular weight excluding hydrogens is 579 g/mol. The van der Waals surface area contributed by atoms with Crippen molar-refractivity contribution in [2.45, 2.75) is 26.8 Å². The average Bonchev–Trinajstić information content (AvgIpc) is 3.46. The molecule has 1 aliphatic rings. The number of aromatic nitrogens is 2. The summed E-state index contributed by atoms with van der Waals surface area (Å²) in [6.45, 7) is 5.54. The molecule has 3 heterocycles. The number of carboxylic acids is 1. The van der Waals surface area contributed by atoms with Crippen molar-refractivity contribution in [3.8, 4) is 5.69 Å². The highest BCUT2D eigenvalue weighted by atomic mass is 32.1. The molecule has 1 amide bonds. The molecule has 0 bridgehead atoms. The summed E-state index contributed by atoms with van der Waals surface area (Å²) in [5.41, 5.74) is 4.92. The number of nitrogens with one attached hydrogen (secondary N) is 1. The number of amides is 1. The molecule has 2 aromatic heterocycles. The van der Waals surface area contributed by atoms with Crippen LogP contribution in [0.2, 0.25) is 0 Å². The third kappa shape index (κ3) is 5.20. The third-order valence-corrected chi connectivity index (χ3v) is 8.57. The van der Waals surface area contributed by atoms with Gasteiger partial charge in [-0.2, -0.15) is 0 Å². The predicted molar refractivity (Wildman–Crippen MR) is 167 cm³/mol. The van der Waals surface area contributed by atoms with Crippen LogP contribution in [-0.4, -0.2) is 26.1 Å². The van der Waals surface area contributed by atoms with E-state index in [2.05, 4.69) is 10.3 Å². The van der Waals surface area contributed by atoms with Gasteiger partial charge in [0.2, 0.25) is 0 Å². The van der Waals surface area contributed by atoms with Crippen molar-refractivity contribution in [2.24, 2.45) is 4.99 Å². The number of carboxylic acid groups (broad SMARTS) is 1. The van der Waals surface area contributed by atoms with Gasteiger partial charge in [-0.05, 0) is 86.5 Å². The minimum atomic E-state index is -1.02. The fourth-order valence-corrected chi connectivity index (χ4v) is 6.58. The summed E-state index contributed by atoms with van der Waals surface area (Å²) in [6.07, 6.45) is 1.79. The summed E-state index contributed by atoms with van der Waals surface area (Å²) >= 11 is 1.21.